The van der Waals surface area contributed by atoms with Gasteiger partial charge in [0.2, 0.25) is 0 Å². The lowest BCUT2D eigenvalue weighted by Gasteiger charge is -2.59. The van der Waals surface area contributed by atoms with Gasteiger partial charge in [0, 0.05) is 25.7 Å². The molecule has 8 heteroatoms. The first-order valence-electron chi connectivity index (χ1n) is 32.2. The molecule has 432 valence electrons. The Balaban J connectivity index is 9.13. The third kappa shape index (κ3) is 29.9. The highest BCUT2D eigenvalue weighted by Gasteiger charge is 2.67. The molecule has 0 radical (unpaired) electrons. The summed E-state index contributed by atoms with van der Waals surface area (Å²) in [6.45, 7) is 27.5. The molecule has 0 aromatic heterocycles. The maximum Gasteiger partial charge on any atom is 0.159 e. The molecule has 0 amide bonds. The zero-order chi connectivity index (χ0) is 54.5. The first kappa shape index (κ1) is 72.6. The normalized spacial score (nSPS) is 15.8. The first-order chi connectivity index (χ1) is 35.4. The van der Waals surface area contributed by atoms with Gasteiger partial charge >= 0.3 is 0 Å². The summed E-state index contributed by atoms with van der Waals surface area (Å²) in [7, 11) is 0. The highest BCUT2D eigenvalue weighted by Crippen LogP contribution is 2.55. The van der Waals surface area contributed by atoms with Crippen molar-refractivity contribution in [2.24, 2.45) is 29.1 Å². The Hall–Kier alpha value is -0.440. The van der Waals surface area contributed by atoms with Crippen LogP contribution < -0.4 is 0 Å². The molecule has 0 aliphatic heterocycles. The maximum absolute atomic E-state index is 7.80. The molecule has 0 aromatic carbocycles. The molecule has 0 rings (SSSR count). The summed E-state index contributed by atoms with van der Waals surface area (Å²) in [6.07, 6.45) is 44.5. The van der Waals surface area contributed by atoms with E-state index in [1.165, 1.54) is 154 Å². The van der Waals surface area contributed by atoms with Gasteiger partial charge in [-0.25, -0.2) is 0 Å². The predicted molar refractivity (Wildman–Crippen MR) is 339 cm³/mol. The highest BCUT2D eigenvalue weighted by molar-refractivity contribution is 7.80. The van der Waals surface area contributed by atoms with Crippen molar-refractivity contribution < 1.29 is 18.9 Å². The van der Waals surface area contributed by atoms with Gasteiger partial charge in [-0.3, -0.25) is 0 Å². The minimum atomic E-state index is -0.885. The van der Waals surface area contributed by atoms with Crippen molar-refractivity contribution in [3.05, 3.63) is 0 Å². The largest absolute Gasteiger partial charge is 0.483 e. The van der Waals surface area contributed by atoms with Gasteiger partial charge in [-0.1, -0.05) is 263 Å². The van der Waals surface area contributed by atoms with E-state index >= 15 is 0 Å². The van der Waals surface area contributed by atoms with Crippen molar-refractivity contribution in [3.63, 3.8) is 0 Å². The molecule has 0 fully saturated rings. The van der Waals surface area contributed by atoms with Crippen LogP contribution >= 0.6 is 48.9 Å². The van der Waals surface area contributed by atoms with Crippen LogP contribution in [0.25, 0.3) is 0 Å². The van der Waals surface area contributed by atoms with Crippen molar-refractivity contribution in [2.75, 3.05) is 0 Å². The summed E-state index contributed by atoms with van der Waals surface area (Å²) >= 11 is 25.6. The number of rotatable bonds is 52. The van der Waals surface area contributed by atoms with Crippen LogP contribution in [0.4, 0.5) is 0 Å². The second-order valence-electron chi connectivity index (χ2n) is 22.4. The van der Waals surface area contributed by atoms with E-state index in [1.54, 1.807) is 0 Å². The number of thiocarbonyl (C=S) groups is 4. The van der Waals surface area contributed by atoms with Crippen LogP contribution in [-0.4, -0.2) is 44.6 Å². The molecule has 0 aromatic rings. The second-order valence-corrected chi connectivity index (χ2v) is 24.2. The zero-order valence-electron chi connectivity index (χ0n) is 50.7. The first-order valence-corrected chi connectivity index (χ1v) is 33.9. The summed E-state index contributed by atoms with van der Waals surface area (Å²) < 4.78 is 31.2. The minimum absolute atomic E-state index is 0.159. The number of ether oxygens (including phenoxy) is 4. The smallest absolute Gasteiger partial charge is 0.159 e. The summed E-state index contributed by atoms with van der Waals surface area (Å²) in [5.41, 5.74) is -0.885. The molecule has 73 heavy (non-hydrogen) atoms. The fraction of sp³-hybridized carbons (Fsp3) is 0.938. The van der Waals surface area contributed by atoms with Crippen LogP contribution in [0.1, 0.15) is 340 Å². The molecule has 0 saturated heterocycles. The van der Waals surface area contributed by atoms with Crippen LogP contribution in [-0.2, 0) is 18.9 Å². The maximum atomic E-state index is 7.80. The van der Waals surface area contributed by atoms with Crippen molar-refractivity contribution in [2.45, 2.75) is 364 Å². The second kappa shape index (κ2) is 48.7. The third-order valence-electron chi connectivity index (χ3n) is 16.7. The molecule has 0 aliphatic carbocycles. The minimum Gasteiger partial charge on any atom is -0.483 e. The standard InChI is InChI=1S/C65H124O4S4/c1-13-25-29-33-37-41-45-49-53(17-5)61(66-57(70)21-9)65(62(67-58(71)22-10)54(18-6)50-46-42-38-34-30-26-14-2,63(68-59(72)23-11)55(19-7)51-47-43-39-35-31-27-15-3)64(69-60(73)24-12)56(20-8)52-48-44-40-36-32-28-16-4/h53-56,61-64H,13-52H2,1-12H3. The molecule has 0 N–H and O–H groups in total. The molecular weight excluding hydrogens is 973 g/mol. The average molecular weight is 1100 g/mol. The van der Waals surface area contributed by atoms with E-state index in [1.807, 2.05) is 0 Å². The zero-order valence-corrected chi connectivity index (χ0v) is 53.9. The Morgan fingerprint density at radius 1 is 0.260 bits per heavy atom. The van der Waals surface area contributed by atoms with Crippen LogP contribution in [0.2, 0.25) is 0 Å². The van der Waals surface area contributed by atoms with Crippen LogP contribution in [0, 0.1) is 29.1 Å². The van der Waals surface area contributed by atoms with Crippen LogP contribution in [0.5, 0.6) is 0 Å². The molecule has 4 nitrogen and oxygen atoms in total. The Bertz CT molecular complexity index is 1130. The molecule has 0 aliphatic rings. The number of unbranched alkanes of at least 4 members (excludes halogenated alkanes) is 24. The van der Waals surface area contributed by atoms with Crippen LogP contribution in [0.15, 0.2) is 0 Å². The van der Waals surface area contributed by atoms with Gasteiger partial charge in [0.25, 0.3) is 0 Å². The van der Waals surface area contributed by atoms with Gasteiger partial charge in [0.05, 0.1) is 0 Å². The summed E-state index contributed by atoms with van der Waals surface area (Å²) in [4.78, 5) is 0. The van der Waals surface area contributed by atoms with Gasteiger partial charge in [0.1, 0.15) is 29.8 Å². The van der Waals surface area contributed by atoms with E-state index in [4.69, 9.17) is 67.8 Å². The number of hydrogen-bond acceptors (Lipinski definition) is 8. The lowest BCUT2D eigenvalue weighted by molar-refractivity contribution is -0.228. The van der Waals surface area contributed by atoms with Crippen molar-refractivity contribution >= 4 is 69.1 Å². The van der Waals surface area contributed by atoms with Crippen LogP contribution in [0.3, 0.4) is 0 Å². The van der Waals surface area contributed by atoms with Gasteiger partial charge in [-0.2, -0.15) is 0 Å². The van der Waals surface area contributed by atoms with E-state index in [9.17, 15) is 0 Å². The lowest BCUT2D eigenvalue weighted by Crippen LogP contribution is -2.70. The predicted octanol–water partition coefficient (Wildman–Crippen LogP) is 23.1. The molecule has 0 saturated carbocycles. The quantitative estimate of drug-likeness (QED) is 0.0441. The summed E-state index contributed by atoms with van der Waals surface area (Å²) in [5.74, 6) is 0.638. The average Bonchev–Trinajstić information content (AvgIpc) is 3.40. The fourth-order valence-electron chi connectivity index (χ4n) is 12.0. The van der Waals surface area contributed by atoms with E-state index < -0.39 is 5.41 Å². The fourth-order valence-corrected chi connectivity index (χ4v) is 12.4. The van der Waals surface area contributed by atoms with Gasteiger partial charge < -0.3 is 18.9 Å². The lowest BCUT2D eigenvalue weighted by atomic mass is 9.54. The van der Waals surface area contributed by atoms with E-state index in [0.717, 1.165) is 77.0 Å². The number of hydrogen-bond donors (Lipinski definition) is 0. The Labute approximate surface area is 478 Å². The topological polar surface area (TPSA) is 36.9 Å². The summed E-state index contributed by atoms with van der Waals surface area (Å²) in [5, 5.41) is 2.66. The van der Waals surface area contributed by atoms with Crippen molar-refractivity contribution in [1.29, 1.82) is 0 Å². The molecule has 8 atom stereocenters. The third-order valence-corrected chi connectivity index (χ3v) is 18.2. The Morgan fingerprint density at radius 3 is 0.575 bits per heavy atom. The van der Waals surface area contributed by atoms with Gasteiger partial charge in [-0.05, 0) is 124 Å². The SMILES string of the molecule is CCCCCCCCCC(CC)C(OC(=S)CC)C(C(OC(=S)CC)C(CC)CCCCCCCCC)(C(OC(=S)CC)C(CC)CCCCCCCCC)C(OC(=S)CC)C(CC)CCCCCCCCC. The summed E-state index contributed by atoms with van der Waals surface area (Å²) in [6, 6.07) is 0. The van der Waals surface area contributed by atoms with E-state index in [2.05, 4.69) is 83.1 Å². The molecule has 0 bridgehead atoms. The molecule has 0 heterocycles. The van der Waals surface area contributed by atoms with Crippen molar-refractivity contribution in [3.8, 4) is 0 Å². The Morgan fingerprint density at radius 2 is 0.425 bits per heavy atom. The van der Waals surface area contributed by atoms with Gasteiger partial charge in [0.15, 0.2) is 20.2 Å². The monoisotopic (exact) mass is 1100 g/mol. The highest BCUT2D eigenvalue weighted by atomic mass is 32.1. The van der Waals surface area contributed by atoms with E-state index in [0.29, 0.717) is 45.9 Å². The van der Waals surface area contributed by atoms with Crippen molar-refractivity contribution in [1.82, 2.24) is 0 Å². The molecule has 8 unspecified atom stereocenters. The molecular formula is C65H124O4S4. The molecule has 0 spiro atoms. The van der Waals surface area contributed by atoms with E-state index in [-0.39, 0.29) is 48.1 Å². The Kier molecular flexibility index (Phi) is 48.4. The van der Waals surface area contributed by atoms with Gasteiger partial charge in [-0.15, -0.1) is 0 Å².